The summed E-state index contributed by atoms with van der Waals surface area (Å²) in [5.74, 6) is 0. The first kappa shape index (κ1) is 47.0. The van der Waals surface area contributed by atoms with Gasteiger partial charge in [-0.25, -0.2) is 0 Å². The fourth-order valence-electron chi connectivity index (χ4n) is 14.2. The van der Waals surface area contributed by atoms with Crippen molar-refractivity contribution in [2.24, 2.45) is 5.41 Å². The Morgan fingerprint density at radius 3 is 1.69 bits per heavy atom. The minimum atomic E-state index is -0.0597. The molecule has 0 bridgehead atoms. The number of aryl methyl sites for hydroxylation is 2. The molecule has 0 spiro atoms. The van der Waals surface area contributed by atoms with Crippen molar-refractivity contribution in [3.63, 3.8) is 0 Å². The van der Waals surface area contributed by atoms with E-state index in [2.05, 4.69) is 246 Å². The van der Waals surface area contributed by atoms with Crippen LogP contribution in [-0.4, -0.2) is 12.3 Å². The second-order valence-electron chi connectivity index (χ2n) is 27.1. The van der Waals surface area contributed by atoms with Crippen molar-refractivity contribution in [3.8, 4) is 11.1 Å². The first-order valence-electron chi connectivity index (χ1n) is 27.2. The maximum absolute atomic E-state index is 2.78. The van der Waals surface area contributed by atoms with Gasteiger partial charge >= 0.3 is 0 Å². The Morgan fingerprint density at radius 2 is 1.06 bits per heavy atom. The average Bonchev–Trinajstić information content (AvgIpc) is 3.86. The molecule has 3 aliphatic heterocycles. The van der Waals surface area contributed by atoms with Crippen LogP contribution in [0.25, 0.3) is 11.1 Å². The third-order valence-corrected chi connectivity index (χ3v) is 18.3. The van der Waals surface area contributed by atoms with Crippen LogP contribution < -0.4 is 31.1 Å². The number of fused-ring (bicyclic) bond motifs is 8. The number of benzene rings is 7. The van der Waals surface area contributed by atoms with Crippen molar-refractivity contribution in [2.75, 3.05) is 14.7 Å². The van der Waals surface area contributed by atoms with Crippen LogP contribution in [-0.2, 0) is 34.5 Å². The zero-order valence-electron chi connectivity index (χ0n) is 46.1. The van der Waals surface area contributed by atoms with Crippen LogP contribution in [0, 0.1) is 19.3 Å². The van der Waals surface area contributed by atoms with Crippen LogP contribution in [0.2, 0.25) is 0 Å². The molecule has 7 aromatic rings. The van der Waals surface area contributed by atoms with E-state index in [-0.39, 0.29) is 39.3 Å². The minimum Gasteiger partial charge on any atom is -0.334 e. The Labute approximate surface area is 432 Å². The molecule has 5 aliphatic rings. The number of hydrogen-bond donors (Lipinski definition) is 0. The highest BCUT2D eigenvalue weighted by Crippen LogP contribution is 2.63. The molecule has 72 heavy (non-hydrogen) atoms. The first-order valence-corrected chi connectivity index (χ1v) is 27.2. The summed E-state index contributed by atoms with van der Waals surface area (Å²) in [5.41, 5.74) is 28.5. The zero-order valence-corrected chi connectivity index (χ0v) is 46.1. The highest BCUT2D eigenvalue weighted by Gasteiger charge is 2.60. The lowest BCUT2D eigenvalue weighted by Crippen LogP contribution is -2.61. The summed E-state index contributed by atoms with van der Waals surface area (Å²) in [6, 6.07) is 51.1. The molecule has 0 saturated heterocycles. The predicted molar refractivity (Wildman–Crippen MR) is 311 cm³/mol. The van der Waals surface area contributed by atoms with E-state index in [1.54, 1.807) is 0 Å². The Bertz CT molecular complexity index is 3390. The van der Waals surface area contributed by atoms with Gasteiger partial charge < -0.3 is 14.7 Å². The van der Waals surface area contributed by atoms with E-state index in [9.17, 15) is 0 Å². The summed E-state index contributed by atoms with van der Waals surface area (Å²) in [6.45, 7) is 35.8. The molecule has 2 atom stereocenters. The standard InChI is InChI=1S/C68H76BN3/c1-42-32-60-62-61(33-42)71(56-28-23-48(64(6,7)8)37-51(56)44-20-17-16-18-21-44)58-36-46-41-66(12,13)40-45(46)35-54(58)69(62)53-26-25-50(39-59(53)70(60)55-27-22-47(34-43(55)2)63(3,4)5)72-57-29-24-49(65(9,10)11)38-52(57)67(14)30-19-31-68(67,72)15/h16-18,20-29,32-39H,19,30-31,40-41H2,1-15H3. The molecule has 1 fully saturated rings. The van der Waals surface area contributed by atoms with Gasteiger partial charge in [0.2, 0.25) is 0 Å². The maximum atomic E-state index is 2.78. The molecular formula is C68H76BN3. The lowest BCUT2D eigenvalue weighted by Gasteiger charge is -2.46. The number of anilines is 8. The van der Waals surface area contributed by atoms with E-state index >= 15 is 0 Å². The third-order valence-electron chi connectivity index (χ3n) is 18.3. The fourth-order valence-corrected chi connectivity index (χ4v) is 14.2. The normalized spacial score (nSPS) is 20.5. The largest absolute Gasteiger partial charge is 0.334 e. The topological polar surface area (TPSA) is 9.72 Å². The predicted octanol–water partition coefficient (Wildman–Crippen LogP) is 16.4. The maximum Gasteiger partial charge on any atom is 0.252 e. The summed E-state index contributed by atoms with van der Waals surface area (Å²) in [5, 5.41) is 0. The van der Waals surface area contributed by atoms with Crippen LogP contribution >= 0.6 is 0 Å². The smallest absolute Gasteiger partial charge is 0.252 e. The van der Waals surface area contributed by atoms with E-state index in [1.165, 1.54) is 130 Å². The van der Waals surface area contributed by atoms with E-state index < -0.39 is 0 Å². The summed E-state index contributed by atoms with van der Waals surface area (Å²) in [6.07, 6.45) is 5.77. The van der Waals surface area contributed by atoms with Crippen molar-refractivity contribution in [2.45, 2.75) is 163 Å². The summed E-state index contributed by atoms with van der Waals surface area (Å²) in [4.78, 5) is 8.14. The molecule has 0 amide bonds. The van der Waals surface area contributed by atoms with Gasteiger partial charge in [0.05, 0.1) is 11.2 Å². The number of nitrogens with zero attached hydrogens (tertiary/aromatic N) is 3. The van der Waals surface area contributed by atoms with Gasteiger partial charge in [-0.1, -0.05) is 162 Å². The number of hydrogen-bond acceptors (Lipinski definition) is 3. The molecule has 12 rings (SSSR count). The van der Waals surface area contributed by atoms with Gasteiger partial charge in [-0.2, -0.15) is 0 Å². The highest BCUT2D eigenvalue weighted by molar-refractivity contribution is 7.00. The Morgan fingerprint density at radius 1 is 0.486 bits per heavy atom. The molecular weight excluding hydrogens is 870 g/mol. The summed E-state index contributed by atoms with van der Waals surface area (Å²) in [7, 11) is 0. The van der Waals surface area contributed by atoms with E-state index in [1.807, 2.05) is 0 Å². The van der Waals surface area contributed by atoms with E-state index in [4.69, 9.17) is 0 Å². The van der Waals surface area contributed by atoms with Crippen LogP contribution in [0.15, 0.2) is 127 Å². The van der Waals surface area contributed by atoms with E-state index in [0.717, 1.165) is 19.3 Å². The van der Waals surface area contributed by atoms with Gasteiger partial charge in [-0.3, -0.25) is 0 Å². The molecule has 0 N–H and O–H groups in total. The van der Waals surface area contributed by atoms with Crippen molar-refractivity contribution in [3.05, 3.63) is 172 Å². The van der Waals surface area contributed by atoms with Crippen LogP contribution in [0.4, 0.5) is 45.5 Å². The molecule has 366 valence electrons. The quantitative estimate of drug-likeness (QED) is 0.163. The molecule has 3 heterocycles. The third kappa shape index (κ3) is 6.96. The molecule has 4 heteroatoms. The van der Waals surface area contributed by atoms with Gasteiger partial charge in [0.15, 0.2) is 0 Å². The first-order chi connectivity index (χ1) is 33.9. The molecule has 2 aliphatic carbocycles. The summed E-state index contributed by atoms with van der Waals surface area (Å²) >= 11 is 0. The molecule has 0 radical (unpaired) electrons. The van der Waals surface area contributed by atoms with Gasteiger partial charge in [-0.05, 0) is 189 Å². The molecule has 0 aromatic heterocycles. The SMILES string of the molecule is Cc1cc2c3c(c1)N(c1ccc(C(C)(C)C)cc1-c1ccccc1)c1cc4c(cc1B3c1ccc(N3c5ccc(C(C)(C)C)cc5C5(C)CCCC35C)cc1N2c1ccc(C(C)(C)C)cc1C)CC(C)(C)C4. The van der Waals surface area contributed by atoms with Crippen molar-refractivity contribution in [1.29, 1.82) is 0 Å². The Balaban J connectivity index is 1.15. The van der Waals surface area contributed by atoms with Gasteiger partial charge in [0, 0.05) is 50.8 Å². The second kappa shape index (κ2) is 15.5. The number of rotatable bonds is 4. The highest BCUT2D eigenvalue weighted by atomic mass is 15.3. The van der Waals surface area contributed by atoms with Crippen molar-refractivity contribution >= 4 is 68.6 Å². The molecule has 2 unspecified atom stereocenters. The zero-order chi connectivity index (χ0) is 50.8. The van der Waals surface area contributed by atoms with Crippen LogP contribution in [0.5, 0.6) is 0 Å². The van der Waals surface area contributed by atoms with Crippen molar-refractivity contribution in [1.82, 2.24) is 0 Å². The second-order valence-corrected chi connectivity index (χ2v) is 27.1. The van der Waals surface area contributed by atoms with Crippen molar-refractivity contribution < 1.29 is 0 Å². The molecule has 3 nitrogen and oxygen atoms in total. The van der Waals surface area contributed by atoms with Gasteiger partial charge in [0.25, 0.3) is 6.71 Å². The molecule has 7 aromatic carbocycles. The Hall–Kier alpha value is -6.00. The van der Waals surface area contributed by atoms with Crippen LogP contribution in [0.1, 0.15) is 154 Å². The average molecular weight is 946 g/mol. The van der Waals surface area contributed by atoms with E-state index in [0.29, 0.717) is 0 Å². The monoisotopic (exact) mass is 946 g/mol. The lowest BCUT2D eigenvalue weighted by molar-refractivity contribution is 0.330. The lowest BCUT2D eigenvalue weighted by atomic mass is 9.33. The fraction of sp³-hybridized carbons (Fsp3) is 0.382. The van der Waals surface area contributed by atoms with Crippen LogP contribution in [0.3, 0.4) is 0 Å². The Kier molecular flexibility index (Phi) is 10.1. The molecule has 1 saturated carbocycles. The minimum absolute atomic E-state index is 0.00828. The summed E-state index contributed by atoms with van der Waals surface area (Å²) < 4.78 is 0. The van der Waals surface area contributed by atoms with Gasteiger partial charge in [0.1, 0.15) is 0 Å². The van der Waals surface area contributed by atoms with Gasteiger partial charge in [-0.15, -0.1) is 0 Å².